The molecule has 104 valence electrons. The van der Waals surface area contributed by atoms with Crippen molar-refractivity contribution >= 4 is 17.3 Å². The van der Waals surface area contributed by atoms with E-state index in [0.29, 0.717) is 5.02 Å². The second kappa shape index (κ2) is 5.47. The predicted octanol–water partition coefficient (Wildman–Crippen LogP) is 3.96. The Hall–Kier alpha value is -1.51. The van der Waals surface area contributed by atoms with E-state index < -0.39 is 6.10 Å². The van der Waals surface area contributed by atoms with Gasteiger partial charge in [0.15, 0.2) is 0 Å². The summed E-state index contributed by atoms with van der Waals surface area (Å²) in [5, 5.41) is 10.3. The molecule has 1 N–H and O–H groups in total. The van der Waals surface area contributed by atoms with Gasteiger partial charge in [-0.25, -0.2) is 0 Å². The van der Waals surface area contributed by atoms with Crippen molar-refractivity contribution < 1.29 is 5.11 Å². The Balaban J connectivity index is 1.88. The highest BCUT2D eigenvalue weighted by molar-refractivity contribution is 6.33. The summed E-state index contributed by atoms with van der Waals surface area (Å²) in [5.41, 5.74) is 4.71. The lowest BCUT2D eigenvalue weighted by molar-refractivity contribution is 0.199. The van der Waals surface area contributed by atoms with Gasteiger partial charge in [0.25, 0.3) is 0 Å². The average molecular weight is 288 g/mol. The van der Waals surface area contributed by atoms with Crippen molar-refractivity contribution in [3.63, 3.8) is 0 Å². The third-order valence-electron chi connectivity index (χ3n) is 3.93. The van der Waals surface area contributed by atoms with Crippen LogP contribution in [0.4, 0.5) is 5.69 Å². The fourth-order valence-electron chi connectivity index (χ4n) is 2.74. The van der Waals surface area contributed by atoms with Crippen LogP contribution in [0.25, 0.3) is 0 Å². The summed E-state index contributed by atoms with van der Waals surface area (Å²) in [6.45, 7) is 3.62. The van der Waals surface area contributed by atoms with E-state index in [0.717, 1.165) is 30.8 Å². The summed E-state index contributed by atoms with van der Waals surface area (Å²) in [5.74, 6) is 0. The van der Waals surface area contributed by atoms with Crippen LogP contribution in [0.15, 0.2) is 42.5 Å². The van der Waals surface area contributed by atoms with Crippen LogP contribution in [0.3, 0.4) is 0 Å². The maximum atomic E-state index is 9.61. The van der Waals surface area contributed by atoms with Gasteiger partial charge in [0.05, 0.1) is 16.8 Å². The molecule has 0 unspecified atom stereocenters. The van der Waals surface area contributed by atoms with Crippen molar-refractivity contribution in [1.82, 2.24) is 0 Å². The number of benzene rings is 2. The average Bonchev–Trinajstić information content (AvgIpc) is 2.46. The number of hydrogen-bond acceptors (Lipinski definition) is 2. The lowest BCUT2D eigenvalue weighted by Crippen LogP contribution is -2.30. The number of rotatable bonds is 2. The molecule has 2 aromatic rings. The third-order valence-corrected chi connectivity index (χ3v) is 4.23. The topological polar surface area (TPSA) is 23.5 Å². The van der Waals surface area contributed by atoms with Crippen LogP contribution < -0.4 is 4.90 Å². The first-order chi connectivity index (χ1) is 9.65. The molecule has 0 fully saturated rings. The van der Waals surface area contributed by atoms with Crippen molar-refractivity contribution in [3.8, 4) is 0 Å². The van der Waals surface area contributed by atoms with E-state index in [1.165, 1.54) is 11.1 Å². The molecule has 2 aromatic carbocycles. The predicted molar refractivity (Wildman–Crippen MR) is 83.3 cm³/mol. The Bertz CT molecular complexity index is 624. The van der Waals surface area contributed by atoms with E-state index in [1.807, 2.05) is 18.2 Å². The summed E-state index contributed by atoms with van der Waals surface area (Å²) < 4.78 is 0. The second-order valence-electron chi connectivity index (χ2n) is 5.33. The number of anilines is 1. The van der Waals surface area contributed by atoms with Crippen molar-refractivity contribution in [2.45, 2.75) is 26.0 Å². The normalized spacial score (nSPS) is 15.8. The first-order valence-electron chi connectivity index (χ1n) is 6.94. The Kier molecular flexibility index (Phi) is 3.68. The summed E-state index contributed by atoms with van der Waals surface area (Å²) >= 11 is 6.38. The second-order valence-corrected chi connectivity index (χ2v) is 5.73. The largest absolute Gasteiger partial charge is 0.389 e. The molecule has 0 aromatic heterocycles. The molecule has 3 rings (SSSR count). The van der Waals surface area contributed by atoms with Crippen LogP contribution in [0.1, 0.15) is 29.7 Å². The lowest BCUT2D eigenvalue weighted by Gasteiger charge is -2.31. The number of fused-ring (bicyclic) bond motifs is 1. The van der Waals surface area contributed by atoms with Crippen molar-refractivity contribution in [2.75, 3.05) is 11.4 Å². The molecule has 2 nitrogen and oxygen atoms in total. The van der Waals surface area contributed by atoms with Crippen LogP contribution in [0.5, 0.6) is 0 Å². The lowest BCUT2D eigenvalue weighted by atomic mass is 9.99. The maximum absolute atomic E-state index is 9.61. The molecule has 0 amide bonds. The minimum atomic E-state index is -0.483. The quantitative estimate of drug-likeness (QED) is 0.904. The van der Waals surface area contributed by atoms with Gasteiger partial charge in [0.2, 0.25) is 0 Å². The first kappa shape index (κ1) is 13.5. The molecule has 1 heterocycles. The van der Waals surface area contributed by atoms with E-state index in [-0.39, 0.29) is 0 Å². The van der Waals surface area contributed by atoms with Crippen molar-refractivity contribution in [2.24, 2.45) is 0 Å². The van der Waals surface area contributed by atoms with E-state index in [4.69, 9.17) is 11.6 Å². The third kappa shape index (κ3) is 2.54. The van der Waals surface area contributed by atoms with Gasteiger partial charge in [-0.15, -0.1) is 0 Å². The number of halogens is 1. The summed E-state index contributed by atoms with van der Waals surface area (Å²) in [6, 6.07) is 14.4. The van der Waals surface area contributed by atoms with Gasteiger partial charge in [-0.3, -0.25) is 0 Å². The Labute approximate surface area is 124 Å². The van der Waals surface area contributed by atoms with E-state index in [1.54, 1.807) is 6.92 Å². The Morgan fingerprint density at radius 1 is 1.15 bits per heavy atom. The molecule has 0 saturated carbocycles. The zero-order chi connectivity index (χ0) is 14.1. The fourth-order valence-corrected chi connectivity index (χ4v) is 3.05. The summed E-state index contributed by atoms with van der Waals surface area (Å²) in [4.78, 5) is 2.30. The number of aliphatic hydroxyl groups is 1. The molecule has 0 aliphatic carbocycles. The van der Waals surface area contributed by atoms with Crippen LogP contribution in [0, 0.1) is 0 Å². The number of aliphatic hydroxyl groups excluding tert-OH is 1. The zero-order valence-electron chi connectivity index (χ0n) is 11.5. The van der Waals surface area contributed by atoms with Gasteiger partial charge in [-0.1, -0.05) is 41.9 Å². The van der Waals surface area contributed by atoms with Gasteiger partial charge in [-0.05, 0) is 42.2 Å². The van der Waals surface area contributed by atoms with Crippen LogP contribution in [-0.4, -0.2) is 11.7 Å². The minimum absolute atomic E-state index is 0.483. The highest BCUT2D eigenvalue weighted by Gasteiger charge is 2.18. The van der Waals surface area contributed by atoms with Gasteiger partial charge in [0, 0.05) is 13.1 Å². The fraction of sp³-hybridized carbons (Fsp3) is 0.294. The minimum Gasteiger partial charge on any atom is -0.389 e. The number of nitrogens with zero attached hydrogens (tertiary/aromatic N) is 1. The van der Waals surface area contributed by atoms with Gasteiger partial charge in [-0.2, -0.15) is 0 Å². The molecular weight excluding hydrogens is 270 g/mol. The van der Waals surface area contributed by atoms with Gasteiger partial charge >= 0.3 is 0 Å². The Morgan fingerprint density at radius 3 is 2.60 bits per heavy atom. The monoisotopic (exact) mass is 287 g/mol. The highest BCUT2D eigenvalue weighted by atomic mass is 35.5. The molecular formula is C17H18ClNO. The molecule has 3 heteroatoms. The molecule has 0 bridgehead atoms. The standard InChI is InChI=1S/C17H18ClNO/c1-12(20)14-6-7-17(16(18)10-14)19-9-8-13-4-2-3-5-15(13)11-19/h2-7,10,12,20H,8-9,11H2,1H3/t12-/m0/s1. The SMILES string of the molecule is C[C@H](O)c1ccc(N2CCc3ccccc3C2)c(Cl)c1. The highest BCUT2D eigenvalue weighted by Crippen LogP contribution is 2.32. The number of hydrogen-bond donors (Lipinski definition) is 1. The van der Waals surface area contributed by atoms with Crippen molar-refractivity contribution in [1.29, 1.82) is 0 Å². The van der Waals surface area contributed by atoms with Crippen molar-refractivity contribution in [3.05, 3.63) is 64.2 Å². The smallest absolute Gasteiger partial charge is 0.0762 e. The van der Waals surface area contributed by atoms with E-state index >= 15 is 0 Å². The van der Waals surface area contributed by atoms with E-state index in [2.05, 4.69) is 29.2 Å². The molecule has 20 heavy (non-hydrogen) atoms. The van der Waals surface area contributed by atoms with Gasteiger partial charge in [0.1, 0.15) is 0 Å². The van der Waals surface area contributed by atoms with Crippen LogP contribution >= 0.6 is 11.6 Å². The molecule has 0 spiro atoms. The summed E-state index contributed by atoms with van der Waals surface area (Å²) in [7, 11) is 0. The van der Waals surface area contributed by atoms with Crippen LogP contribution in [0.2, 0.25) is 5.02 Å². The maximum Gasteiger partial charge on any atom is 0.0762 e. The molecule has 1 aliphatic rings. The molecule has 0 saturated heterocycles. The zero-order valence-corrected chi connectivity index (χ0v) is 12.3. The van der Waals surface area contributed by atoms with E-state index in [9.17, 15) is 5.11 Å². The summed E-state index contributed by atoms with van der Waals surface area (Å²) in [6.07, 6.45) is 0.564. The van der Waals surface area contributed by atoms with Gasteiger partial charge < -0.3 is 10.0 Å². The van der Waals surface area contributed by atoms with Crippen LogP contribution in [-0.2, 0) is 13.0 Å². The first-order valence-corrected chi connectivity index (χ1v) is 7.32. The molecule has 1 aliphatic heterocycles. The molecule has 1 atom stereocenters. The Morgan fingerprint density at radius 2 is 1.90 bits per heavy atom. The molecule has 0 radical (unpaired) electrons.